The molecule has 200 valence electrons. The number of hydrogen-bond acceptors (Lipinski definition) is 4. The molecule has 3 amide bonds. The van der Waals surface area contributed by atoms with Gasteiger partial charge in [-0.1, -0.05) is 20.8 Å². The second-order valence-electron chi connectivity index (χ2n) is 11.1. The fraction of sp³-hybridized carbons (Fsp3) is 0.704. The first-order valence-corrected chi connectivity index (χ1v) is 13.3. The lowest BCUT2D eigenvalue weighted by atomic mass is 9.77. The Bertz CT molecular complexity index is 887. The van der Waals surface area contributed by atoms with E-state index < -0.39 is 0 Å². The molecule has 3 aliphatic rings. The zero-order chi connectivity index (χ0) is 26.2. The van der Waals surface area contributed by atoms with Gasteiger partial charge in [0.05, 0.1) is 5.56 Å². The molecule has 36 heavy (non-hydrogen) atoms. The van der Waals surface area contributed by atoms with E-state index in [9.17, 15) is 14.4 Å². The molecule has 3 aliphatic heterocycles. The van der Waals surface area contributed by atoms with Gasteiger partial charge in [0.25, 0.3) is 12.4 Å². The van der Waals surface area contributed by atoms with Crippen LogP contribution in [0.25, 0.3) is 0 Å². The number of aromatic amines is 1. The van der Waals surface area contributed by atoms with E-state index >= 15 is 0 Å². The summed E-state index contributed by atoms with van der Waals surface area (Å²) in [6.07, 6.45) is 9.12. The molecule has 4 heterocycles. The van der Waals surface area contributed by atoms with Gasteiger partial charge in [-0.3, -0.25) is 19.2 Å². The predicted molar refractivity (Wildman–Crippen MR) is 136 cm³/mol. The number of carbonyl (C=O) groups is 4. The zero-order valence-corrected chi connectivity index (χ0v) is 21.8. The second kappa shape index (κ2) is 12.9. The normalized spacial score (nSPS) is 29.5. The van der Waals surface area contributed by atoms with E-state index in [1.54, 1.807) is 12.4 Å². The molecule has 5 atom stereocenters. The molecular weight excluding hydrogens is 460 g/mol. The maximum Gasteiger partial charge on any atom is 0.290 e. The molecule has 2 bridgehead atoms. The van der Waals surface area contributed by atoms with Crippen LogP contribution in [-0.2, 0) is 14.4 Å². The number of likely N-dealkylation sites (tertiary alicyclic amines) is 1. The fourth-order valence-corrected chi connectivity index (χ4v) is 6.11. The average molecular weight is 503 g/mol. The Labute approximate surface area is 214 Å². The molecule has 1 aromatic rings. The molecule has 0 radical (unpaired) electrons. The maximum absolute atomic E-state index is 13.4. The SMILES string of the molecule is CC(C)[C@@H]1CC[C@@H](C)CC(=O)N2C[C@H]3C[C@H](CN(C(=O)c4cc[nH]c4)C3)[C@@H]2CCCC(=O)N1.O=CO. The summed E-state index contributed by atoms with van der Waals surface area (Å²) in [5, 5.41) is 10.1. The van der Waals surface area contributed by atoms with Crippen LogP contribution >= 0.6 is 0 Å². The van der Waals surface area contributed by atoms with E-state index in [2.05, 4.69) is 36.0 Å². The van der Waals surface area contributed by atoms with Crippen LogP contribution in [0.2, 0.25) is 0 Å². The van der Waals surface area contributed by atoms with Crippen LogP contribution in [-0.4, -0.2) is 75.8 Å². The van der Waals surface area contributed by atoms with Gasteiger partial charge in [-0.05, 0) is 61.8 Å². The summed E-state index contributed by atoms with van der Waals surface area (Å²) in [5.41, 5.74) is 0.697. The first kappa shape index (κ1) is 27.7. The standard InChI is InChI=1S/C26H40N4O3.CH2O2/c1-17(2)22-8-7-18(3)11-25(32)30-15-19-12-21(23(30)5-4-6-24(31)28-22)16-29(14-19)26(33)20-9-10-27-13-20;2-1-3/h9-10,13,17-19,21-23,27H,4-8,11-12,14-16H2,1-3H3,(H,28,31);1H,(H,2,3)/t18-,19+,21-,22+,23+;/m1./s1. The Morgan fingerprint density at radius 2 is 1.92 bits per heavy atom. The third-order valence-electron chi connectivity index (χ3n) is 7.97. The van der Waals surface area contributed by atoms with Crippen LogP contribution in [0.4, 0.5) is 0 Å². The number of nitrogens with zero attached hydrogens (tertiary/aromatic N) is 2. The molecule has 9 heteroatoms. The topological polar surface area (TPSA) is 123 Å². The number of fused-ring (bicyclic) bond motifs is 4. The second-order valence-corrected chi connectivity index (χ2v) is 11.1. The number of hydrogen-bond donors (Lipinski definition) is 3. The van der Waals surface area contributed by atoms with Crippen molar-refractivity contribution >= 4 is 24.2 Å². The predicted octanol–water partition coefficient (Wildman–Crippen LogP) is 3.14. The van der Waals surface area contributed by atoms with Crippen LogP contribution in [0, 0.1) is 23.7 Å². The lowest BCUT2D eigenvalue weighted by Crippen LogP contribution is -2.60. The lowest BCUT2D eigenvalue weighted by Gasteiger charge is -2.51. The van der Waals surface area contributed by atoms with Crippen molar-refractivity contribution in [1.29, 1.82) is 0 Å². The van der Waals surface area contributed by atoms with Crippen molar-refractivity contribution in [2.75, 3.05) is 19.6 Å². The minimum atomic E-state index is -0.250. The highest BCUT2D eigenvalue weighted by molar-refractivity contribution is 5.94. The number of amides is 3. The zero-order valence-electron chi connectivity index (χ0n) is 21.8. The summed E-state index contributed by atoms with van der Waals surface area (Å²) >= 11 is 0. The smallest absolute Gasteiger partial charge is 0.290 e. The van der Waals surface area contributed by atoms with Gasteiger partial charge >= 0.3 is 0 Å². The first-order chi connectivity index (χ1) is 17.2. The van der Waals surface area contributed by atoms with Crippen molar-refractivity contribution in [1.82, 2.24) is 20.1 Å². The Morgan fingerprint density at radius 1 is 1.17 bits per heavy atom. The summed E-state index contributed by atoms with van der Waals surface area (Å²) in [5.74, 6) is 1.74. The highest BCUT2D eigenvalue weighted by Crippen LogP contribution is 2.37. The molecule has 9 nitrogen and oxygen atoms in total. The van der Waals surface area contributed by atoms with Gasteiger partial charge in [-0.25, -0.2) is 0 Å². The largest absolute Gasteiger partial charge is 0.483 e. The van der Waals surface area contributed by atoms with Crippen LogP contribution in [0.3, 0.4) is 0 Å². The molecule has 1 aromatic heterocycles. The Morgan fingerprint density at radius 3 is 2.58 bits per heavy atom. The van der Waals surface area contributed by atoms with E-state index in [1.807, 2.05) is 11.0 Å². The van der Waals surface area contributed by atoms with E-state index in [-0.39, 0.29) is 42.2 Å². The van der Waals surface area contributed by atoms with Gasteiger partial charge in [0.1, 0.15) is 0 Å². The summed E-state index contributed by atoms with van der Waals surface area (Å²) in [7, 11) is 0. The minimum absolute atomic E-state index is 0.0723. The van der Waals surface area contributed by atoms with Crippen molar-refractivity contribution in [2.45, 2.75) is 77.8 Å². The van der Waals surface area contributed by atoms with Crippen molar-refractivity contribution in [2.24, 2.45) is 23.7 Å². The third-order valence-corrected chi connectivity index (χ3v) is 7.97. The van der Waals surface area contributed by atoms with Crippen molar-refractivity contribution < 1.29 is 24.3 Å². The molecule has 0 saturated carbocycles. The molecular formula is C27H42N4O5. The van der Waals surface area contributed by atoms with Crippen molar-refractivity contribution in [3.63, 3.8) is 0 Å². The van der Waals surface area contributed by atoms with E-state index in [4.69, 9.17) is 9.90 Å². The van der Waals surface area contributed by atoms with Gasteiger partial charge in [-0.15, -0.1) is 0 Å². The summed E-state index contributed by atoms with van der Waals surface area (Å²) < 4.78 is 0. The molecule has 3 fully saturated rings. The number of nitrogens with one attached hydrogen (secondary N) is 2. The van der Waals surface area contributed by atoms with Crippen molar-refractivity contribution in [3.05, 3.63) is 24.0 Å². The Balaban J connectivity index is 0.00000115. The van der Waals surface area contributed by atoms with Gasteiger partial charge in [0.2, 0.25) is 11.8 Å². The van der Waals surface area contributed by atoms with E-state index in [0.29, 0.717) is 49.2 Å². The number of aromatic nitrogens is 1. The van der Waals surface area contributed by atoms with Gasteiger partial charge in [-0.2, -0.15) is 0 Å². The summed E-state index contributed by atoms with van der Waals surface area (Å²) in [6.45, 7) is 8.34. The number of piperidine rings is 2. The van der Waals surface area contributed by atoms with Gasteiger partial charge < -0.3 is 25.2 Å². The van der Waals surface area contributed by atoms with E-state index in [1.165, 1.54) is 0 Å². The molecule has 3 N–H and O–H groups in total. The summed E-state index contributed by atoms with van der Waals surface area (Å²) in [4.78, 5) is 54.5. The molecule has 0 aliphatic carbocycles. The monoisotopic (exact) mass is 502 g/mol. The molecule has 0 unspecified atom stereocenters. The van der Waals surface area contributed by atoms with Crippen molar-refractivity contribution in [3.8, 4) is 0 Å². The number of carbonyl (C=O) groups excluding carboxylic acids is 3. The number of rotatable bonds is 2. The Hall–Kier alpha value is -2.84. The summed E-state index contributed by atoms with van der Waals surface area (Å²) in [6, 6.07) is 2.11. The van der Waals surface area contributed by atoms with Crippen LogP contribution < -0.4 is 5.32 Å². The van der Waals surface area contributed by atoms with Crippen LogP contribution in [0.15, 0.2) is 18.5 Å². The lowest BCUT2D eigenvalue weighted by molar-refractivity contribution is -0.141. The van der Waals surface area contributed by atoms with Crippen LogP contribution in [0.5, 0.6) is 0 Å². The highest BCUT2D eigenvalue weighted by Gasteiger charge is 2.43. The maximum atomic E-state index is 13.4. The van der Waals surface area contributed by atoms with Gasteiger partial charge in [0.15, 0.2) is 0 Å². The molecule has 0 spiro atoms. The third kappa shape index (κ3) is 7.11. The first-order valence-electron chi connectivity index (χ1n) is 13.3. The highest BCUT2D eigenvalue weighted by atomic mass is 16.3. The fourth-order valence-electron chi connectivity index (χ4n) is 6.11. The molecule has 3 saturated heterocycles. The molecule has 0 aromatic carbocycles. The Kier molecular flexibility index (Phi) is 9.96. The van der Waals surface area contributed by atoms with E-state index in [0.717, 1.165) is 38.6 Å². The number of H-pyrrole nitrogens is 1. The number of carboxylic acid groups (broad SMARTS) is 1. The molecule has 4 rings (SSSR count). The average Bonchev–Trinajstić information content (AvgIpc) is 3.37. The van der Waals surface area contributed by atoms with Crippen LogP contribution in [0.1, 0.15) is 76.1 Å². The van der Waals surface area contributed by atoms with Gasteiger partial charge in [0, 0.05) is 57.0 Å². The minimum Gasteiger partial charge on any atom is -0.483 e. The quantitative estimate of drug-likeness (QED) is 0.536.